The number of anilines is 2. The van der Waals surface area contributed by atoms with Gasteiger partial charge in [-0.1, -0.05) is 71.8 Å². The molecule has 9 heteroatoms. The van der Waals surface area contributed by atoms with E-state index in [1.54, 1.807) is 42.7 Å². The van der Waals surface area contributed by atoms with Crippen LogP contribution in [-0.2, 0) is 17.9 Å². The van der Waals surface area contributed by atoms with Crippen molar-refractivity contribution in [2.45, 2.75) is 25.9 Å². The molecule has 0 aliphatic heterocycles. The molecule has 0 aliphatic rings. The summed E-state index contributed by atoms with van der Waals surface area (Å²) in [5, 5.41) is 14.2. The van der Waals surface area contributed by atoms with Crippen molar-refractivity contribution in [3.05, 3.63) is 124 Å². The van der Waals surface area contributed by atoms with Crippen LogP contribution in [0.5, 0.6) is 0 Å². The molecule has 0 saturated heterocycles. The third-order valence-corrected chi connectivity index (χ3v) is 6.94. The lowest BCUT2D eigenvalue weighted by Gasteiger charge is -2.16. The lowest BCUT2D eigenvalue weighted by Crippen LogP contribution is -2.17. The van der Waals surface area contributed by atoms with Gasteiger partial charge in [0.1, 0.15) is 0 Å². The molecule has 1 unspecified atom stereocenters. The molecule has 0 amide bonds. The van der Waals surface area contributed by atoms with Gasteiger partial charge < -0.3 is 15.3 Å². The quantitative estimate of drug-likeness (QED) is 0.159. The molecule has 0 saturated carbocycles. The Balaban J connectivity index is 1.27. The molecule has 1 aromatic heterocycles. The van der Waals surface area contributed by atoms with Crippen LogP contribution < -0.4 is 10.2 Å². The van der Waals surface area contributed by atoms with Gasteiger partial charge >= 0.3 is 5.97 Å². The first-order chi connectivity index (χ1) is 19.8. The fraction of sp³-hybridized carbons (Fsp3) is 0.188. The number of carbonyl (C=O) groups is 2. The van der Waals surface area contributed by atoms with E-state index in [2.05, 4.69) is 15.3 Å². The minimum absolute atomic E-state index is 0.0758. The van der Waals surface area contributed by atoms with Crippen molar-refractivity contribution in [1.29, 1.82) is 0 Å². The van der Waals surface area contributed by atoms with E-state index < -0.39 is 11.9 Å². The standard InChI is InChI=1S/C32H30Cl2N4O3/c1-38(32-36-14-3-15-37-32)29-12-8-22(9-13-29)4-2-5-26(31(40)41)18-30(39)25-10-6-23(7-11-25)20-35-21-24-16-27(33)19-28(34)17-24/h2-4,6-17,19,26,35H,5,18,20-21H2,1H3,(H,40,41)/b4-2+. The van der Waals surface area contributed by atoms with Crippen LogP contribution in [0.4, 0.5) is 11.6 Å². The number of halogens is 2. The van der Waals surface area contributed by atoms with Gasteiger partial charge in [0.05, 0.1) is 5.92 Å². The van der Waals surface area contributed by atoms with E-state index in [9.17, 15) is 14.7 Å². The van der Waals surface area contributed by atoms with Crippen LogP contribution in [0, 0.1) is 5.92 Å². The molecule has 1 atom stereocenters. The summed E-state index contributed by atoms with van der Waals surface area (Å²) in [6, 6.07) is 22.1. The highest BCUT2D eigenvalue weighted by Crippen LogP contribution is 2.22. The van der Waals surface area contributed by atoms with Crippen molar-refractivity contribution in [2.24, 2.45) is 5.92 Å². The highest BCUT2D eigenvalue weighted by atomic mass is 35.5. The number of nitrogens with zero attached hydrogens (tertiary/aromatic N) is 3. The number of Topliss-reactive ketones (excluding diaryl/α,β-unsaturated/α-hetero) is 1. The topological polar surface area (TPSA) is 95.4 Å². The van der Waals surface area contributed by atoms with Crippen molar-refractivity contribution in [2.75, 3.05) is 11.9 Å². The predicted octanol–water partition coefficient (Wildman–Crippen LogP) is 7.22. The number of allylic oxidation sites excluding steroid dienone is 1. The van der Waals surface area contributed by atoms with Crippen LogP contribution in [0.3, 0.4) is 0 Å². The van der Waals surface area contributed by atoms with Gasteiger partial charge in [-0.05, 0) is 59.5 Å². The number of benzene rings is 3. The van der Waals surface area contributed by atoms with Crippen LogP contribution in [0.15, 0.2) is 91.3 Å². The summed E-state index contributed by atoms with van der Waals surface area (Å²) in [6.07, 6.45) is 7.21. The van der Waals surface area contributed by atoms with E-state index in [0.717, 1.165) is 22.4 Å². The molecule has 0 bridgehead atoms. The van der Waals surface area contributed by atoms with Gasteiger partial charge in [0.15, 0.2) is 5.78 Å². The molecule has 0 fully saturated rings. The van der Waals surface area contributed by atoms with Crippen LogP contribution in [-0.4, -0.2) is 33.9 Å². The summed E-state index contributed by atoms with van der Waals surface area (Å²) < 4.78 is 0. The van der Waals surface area contributed by atoms with Crippen LogP contribution >= 0.6 is 23.2 Å². The molecular formula is C32H30Cl2N4O3. The number of hydrogen-bond acceptors (Lipinski definition) is 6. The number of hydrogen-bond donors (Lipinski definition) is 2. The molecular weight excluding hydrogens is 559 g/mol. The fourth-order valence-electron chi connectivity index (χ4n) is 4.24. The maximum absolute atomic E-state index is 12.8. The number of nitrogens with one attached hydrogen (secondary N) is 1. The monoisotopic (exact) mass is 588 g/mol. The molecule has 0 spiro atoms. The Hall–Kier alpha value is -4.04. The summed E-state index contributed by atoms with van der Waals surface area (Å²) >= 11 is 12.1. The zero-order chi connectivity index (χ0) is 29.2. The zero-order valence-electron chi connectivity index (χ0n) is 22.5. The van der Waals surface area contributed by atoms with Gasteiger partial charge in [0.2, 0.25) is 5.95 Å². The Kier molecular flexibility index (Phi) is 10.6. The smallest absolute Gasteiger partial charge is 0.307 e. The number of aromatic nitrogens is 2. The normalized spacial score (nSPS) is 11.9. The van der Waals surface area contributed by atoms with Gasteiger partial charge in [0, 0.05) is 60.2 Å². The summed E-state index contributed by atoms with van der Waals surface area (Å²) in [5.41, 5.74) is 4.32. The molecule has 0 radical (unpaired) electrons. The number of ketones is 1. The lowest BCUT2D eigenvalue weighted by atomic mass is 9.94. The molecule has 41 heavy (non-hydrogen) atoms. The lowest BCUT2D eigenvalue weighted by molar-refractivity contribution is -0.141. The first-order valence-electron chi connectivity index (χ1n) is 13.1. The van der Waals surface area contributed by atoms with Gasteiger partial charge in [-0.15, -0.1) is 0 Å². The average Bonchev–Trinajstić information content (AvgIpc) is 2.97. The maximum Gasteiger partial charge on any atom is 0.307 e. The molecule has 3 aromatic carbocycles. The van der Waals surface area contributed by atoms with Crippen LogP contribution in [0.25, 0.3) is 6.08 Å². The van der Waals surface area contributed by atoms with Crippen molar-refractivity contribution in [3.63, 3.8) is 0 Å². The van der Waals surface area contributed by atoms with E-state index in [4.69, 9.17) is 23.2 Å². The third-order valence-electron chi connectivity index (χ3n) is 6.50. The maximum atomic E-state index is 12.8. The predicted molar refractivity (Wildman–Crippen MR) is 164 cm³/mol. The summed E-state index contributed by atoms with van der Waals surface area (Å²) in [6.45, 7) is 1.19. The highest BCUT2D eigenvalue weighted by molar-refractivity contribution is 6.34. The molecule has 1 heterocycles. The Bertz CT molecular complexity index is 1470. The van der Waals surface area contributed by atoms with Crippen molar-refractivity contribution in [3.8, 4) is 0 Å². The second-order valence-corrected chi connectivity index (χ2v) is 10.5. The second-order valence-electron chi connectivity index (χ2n) is 9.58. The number of carboxylic acid groups (broad SMARTS) is 1. The first kappa shape index (κ1) is 29.9. The van der Waals surface area contributed by atoms with Crippen molar-refractivity contribution < 1.29 is 14.7 Å². The summed E-state index contributed by atoms with van der Waals surface area (Å²) in [5.74, 6) is -1.42. The fourth-order valence-corrected chi connectivity index (χ4v) is 4.81. The molecule has 210 valence electrons. The first-order valence-corrected chi connectivity index (χ1v) is 13.8. The molecule has 4 aromatic rings. The number of carboxylic acids is 1. The summed E-state index contributed by atoms with van der Waals surface area (Å²) in [4.78, 5) is 35.1. The van der Waals surface area contributed by atoms with E-state index in [0.29, 0.717) is 34.6 Å². The number of rotatable bonds is 13. The van der Waals surface area contributed by atoms with E-state index in [-0.39, 0.29) is 18.6 Å². The third kappa shape index (κ3) is 8.98. The van der Waals surface area contributed by atoms with Gasteiger partial charge in [-0.2, -0.15) is 0 Å². The van der Waals surface area contributed by atoms with E-state index >= 15 is 0 Å². The van der Waals surface area contributed by atoms with E-state index in [1.165, 1.54) is 0 Å². The van der Waals surface area contributed by atoms with Gasteiger partial charge in [-0.3, -0.25) is 9.59 Å². The van der Waals surface area contributed by atoms with Gasteiger partial charge in [-0.25, -0.2) is 9.97 Å². The Morgan fingerprint density at radius 2 is 1.56 bits per heavy atom. The Morgan fingerprint density at radius 1 is 0.927 bits per heavy atom. The molecule has 2 N–H and O–H groups in total. The highest BCUT2D eigenvalue weighted by Gasteiger charge is 2.21. The Labute approximate surface area is 249 Å². The summed E-state index contributed by atoms with van der Waals surface area (Å²) in [7, 11) is 1.89. The molecule has 4 rings (SSSR count). The molecule has 7 nitrogen and oxygen atoms in total. The average molecular weight is 590 g/mol. The SMILES string of the molecule is CN(c1ccc(/C=C/CC(CC(=O)c2ccc(CNCc3cc(Cl)cc(Cl)c3)cc2)C(=O)O)cc1)c1ncccn1. The largest absolute Gasteiger partial charge is 0.481 e. The number of carbonyl (C=O) groups excluding carboxylic acids is 1. The van der Waals surface area contributed by atoms with Gasteiger partial charge in [0.25, 0.3) is 0 Å². The Morgan fingerprint density at radius 3 is 2.20 bits per heavy atom. The van der Waals surface area contributed by atoms with E-state index in [1.807, 2.05) is 66.6 Å². The zero-order valence-corrected chi connectivity index (χ0v) is 24.0. The second kappa shape index (κ2) is 14.6. The van der Waals surface area contributed by atoms with Crippen LogP contribution in [0.2, 0.25) is 10.0 Å². The van der Waals surface area contributed by atoms with Crippen molar-refractivity contribution >= 4 is 52.7 Å². The minimum atomic E-state index is -0.996. The molecule has 0 aliphatic carbocycles. The van der Waals surface area contributed by atoms with Crippen molar-refractivity contribution in [1.82, 2.24) is 15.3 Å². The minimum Gasteiger partial charge on any atom is -0.481 e. The number of aliphatic carboxylic acids is 1. The van der Waals surface area contributed by atoms with Crippen LogP contribution in [0.1, 0.15) is 39.9 Å².